The molecule has 0 aliphatic rings. The molecular formula is C28H33ClF3N7O3S. The summed E-state index contributed by atoms with van der Waals surface area (Å²) in [5.41, 5.74) is 1.13. The number of ether oxygens (including phenoxy) is 1. The number of aryl methyl sites for hydroxylation is 1. The van der Waals surface area contributed by atoms with Crippen molar-refractivity contribution in [1.29, 1.82) is 0 Å². The topological polar surface area (TPSA) is 125 Å². The van der Waals surface area contributed by atoms with E-state index in [1.165, 1.54) is 35.6 Å². The van der Waals surface area contributed by atoms with Gasteiger partial charge in [0, 0.05) is 50.3 Å². The first kappa shape index (κ1) is 33.6. The average Bonchev–Trinajstić information content (AvgIpc) is 3.38. The summed E-state index contributed by atoms with van der Waals surface area (Å²) in [4.78, 5) is 31.4. The highest BCUT2D eigenvalue weighted by atomic mass is 35.5. The number of hydrogen-bond donors (Lipinski definition) is 4. The number of thiazole rings is 1. The zero-order chi connectivity index (χ0) is 32.1. The van der Waals surface area contributed by atoms with Gasteiger partial charge in [-0.15, -0.1) is 0 Å². The molecule has 0 unspecified atom stereocenters. The Morgan fingerprint density at radius 1 is 1.19 bits per heavy atom. The molecular weight excluding hydrogens is 607 g/mol. The Balaban J connectivity index is 1.91. The monoisotopic (exact) mass is 639 g/mol. The van der Waals surface area contributed by atoms with Gasteiger partial charge in [0.25, 0.3) is 5.91 Å². The molecule has 1 heterocycles. The van der Waals surface area contributed by atoms with E-state index in [0.717, 1.165) is 11.6 Å². The first-order valence-electron chi connectivity index (χ1n) is 12.9. The summed E-state index contributed by atoms with van der Waals surface area (Å²) in [5.74, 6) is 5.78. The Labute approximate surface area is 256 Å². The minimum Gasteiger partial charge on any atom is -0.453 e. The number of benzene rings is 2. The van der Waals surface area contributed by atoms with Crippen molar-refractivity contribution < 1.29 is 27.5 Å². The number of alkyl halides is 3. The Morgan fingerprint density at radius 2 is 1.88 bits per heavy atom. The number of hydrazine groups is 1. The second-order valence-electron chi connectivity index (χ2n) is 9.95. The van der Waals surface area contributed by atoms with Crippen LogP contribution in [0.25, 0.3) is 5.70 Å². The largest absolute Gasteiger partial charge is 0.453 e. The number of anilines is 3. The number of carbonyl (C=O) groups excluding carboxylic acids is 2. The number of methoxy groups -OCH3 is 1. The summed E-state index contributed by atoms with van der Waals surface area (Å²) in [5, 5.41) is 9.34. The molecule has 0 fully saturated rings. The Bertz CT molecular complexity index is 1510. The summed E-state index contributed by atoms with van der Waals surface area (Å²) >= 11 is 7.29. The van der Waals surface area contributed by atoms with E-state index < -0.39 is 28.8 Å². The Hall–Kier alpha value is -3.85. The maximum absolute atomic E-state index is 13.7. The molecule has 0 atom stereocenters. The van der Waals surface area contributed by atoms with E-state index in [9.17, 15) is 22.8 Å². The lowest BCUT2D eigenvalue weighted by atomic mass is 10.1. The van der Waals surface area contributed by atoms with Gasteiger partial charge in [0.15, 0.2) is 5.13 Å². The normalized spacial score (nSPS) is 11.9. The molecule has 43 heavy (non-hydrogen) atoms. The zero-order valence-electron chi connectivity index (χ0n) is 24.4. The molecule has 10 nitrogen and oxygen atoms in total. The van der Waals surface area contributed by atoms with E-state index in [-0.39, 0.29) is 29.4 Å². The number of nitrogens with one attached hydrogen (secondary N) is 3. The molecule has 0 saturated heterocycles. The molecule has 232 valence electrons. The van der Waals surface area contributed by atoms with Crippen LogP contribution in [0.1, 0.15) is 45.8 Å². The van der Waals surface area contributed by atoms with Crippen LogP contribution in [0.2, 0.25) is 5.02 Å². The molecule has 3 rings (SSSR count). The van der Waals surface area contributed by atoms with Crippen LogP contribution in [0.4, 0.5) is 34.5 Å². The quantitative estimate of drug-likeness (QED) is 0.151. The molecule has 3 aromatic rings. The van der Waals surface area contributed by atoms with Crippen LogP contribution in [0.5, 0.6) is 0 Å². The van der Waals surface area contributed by atoms with Crippen molar-refractivity contribution >= 4 is 57.1 Å². The average molecular weight is 640 g/mol. The molecule has 2 amide bonds. The molecule has 15 heteroatoms. The number of hydrogen-bond acceptors (Lipinski definition) is 9. The van der Waals surface area contributed by atoms with Gasteiger partial charge in [-0.2, -0.15) is 13.2 Å². The van der Waals surface area contributed by atoms with E-state index in [0.29, 0.717) is 21.4 Å². The zero-order valence-corrected chi connectivity index (χ0v) is 26.0. The minimum atomic E-state index is -4.72. The second-order valence-corrected chi connectivity index (χ2v) is 11.4. The third kappa shape index (κ3) is 8.83. The van der Waals surface area contributed by atoms with Crippen LogP contribution in [-0.4, -0.2) is 49.1 Å². The van der Waals surface area contributed by atoms with Crippen LogP contribution >= 0.6 is 22.9 Å². The predicted molar refractivity (Wildman–Crippen MR) is 164 cm³/mol. The smallest absolute Gasteiger partial charge is 0.417 e. The number of halogens is 4. The van der Waals surface area contributed by atoms with Gasteiger partial charge in [0.05, 0.1) is 34.0 Å². The highest BCUT2D eigenvalue weighted by Crippen LogP contribution is 2.39. The van der Waals surface area contributed by atoms with Gasteiger partial charge in [0.1, 0.15) is 0 Å². The first-order chi connectivity index (χ1) is 20.1. The number of carbonyl (C=O) groups is 2. The van der Waals surface area contributed by atoms with E-state index in [2.05, 4.69) is 25.7 Å². The highest BCUT2D eigenvalue weighted by Gasteiger charge is 2.35. The van der Waals surface area contributed by atoms with Gasteiger partial charge in [-0.3, -0.25) is 15.1 Å². The Kier molecular flexibility index (Phi) is 11.0. The molecule has 0 saturated carbocycles. The maximum atomic E-state index is 13.7. The molecule has 1 aromatic heterocycles. The molecule has 5 N–H and O–H groups in total. The molecule has 0 spiro atoms. The van der Waals surface area contributed by atoms with Gasteiger partial charge >= 0.3 is 12.3 Å². The third-order valence-corrected chi connectivity index (χ3v) is 7.44. The maximum Gasteiger partial charge on any atom is 0.417 e. The molecule has 0 aliphatic heterocycles. The molecule has 0 aliphatic carbocycles. The summed E-state index contributed by atoms with van der Waals surface area (Å²) in [6, 6.07) is 7.00. The fourth-order valence-electron chi connectivity index (χ4n) is 3.83. The SMILES string of the molecule is COC(=O)Nc1ncc(/C(=C/N(N)c2cc(C(=O)Nc3cc(CNC(C)C)c(Cl)c(C(F)(F)F)c3)ccc2C)N(C)C)s1. The van der Waals surface area contributed by atoms with Crippen LogP contribution < -0.4 is 26.8 Å². The van der Waals surface area contributed by atoms with E-state index in [4.69, 9.17) is 17.4 Å². The van der Waals surface area contributed by atoms with Crippen molar-refractivity contribution in [3.63, 3.8) is 0 Å². The lowest BCUT2D eigenvalue weighted by molar-refractivity contribution is -0.137. The summed E-state index contributed by atoms with van der Waals surface area (Å²) < 4.78 is 45.8. The lowest BCUT2D eigenvalue weighted by Crippen LogP contribution is -2.28. The standard InChI is InChI=1S/C28H33ClF3N7O3S/c1-15(2)34-12-18-9-19(11-20(24(18)29)28(30,31)32)36-25(40)17-8-7-16(3)21(10-17)39(33)14-22(38(4)5)23-13-35-26(43-23)37-27(41)42-6/h7-11,13-15,34H,12,33H2,1-6H3,(H,36,40)(H,35,37,41)/b22-14-. The fourth-order valence-corrected chi connectivity index (χ4v) is 5.00. The molecule has 0 bridgehead atoms. The number of aromatic nitrogens is 1. The third-order valence-electron chi connectivity index (χ3n) is 6.06. The fraction of sp³-hybridized carbons (Fsp3) is 0.321. The first-order valence-corrected chi connectivity index (χ1v) is 14.1. The van der Waals surface area contributed by atoms with Gasteiger partial charge in [-0.1, -0.05) is 42.9 Å². The highest BCUT2D eigenvalue weighted by molar-refractivity contribution is 7.16. The summed E-state index contributed by atoms with van der Waals surface area (Å²) in [6.07, 6.45) is -2.17. The van der Waals surface area contributed by atoms with Crippen LogP contribution in [-0.2, 0) is 17.5 Å². The van der Waals surface area contributed by atoms with Crippen LogP contribution in [0, 0.1) is 6.92 Å². The van der Waals surface area contributed by atoms with Crippen LogP contribution in [0.15, 0.2) is 42.7 Å². The van der Waals surface area contributed by atoms with Crippen molar-refractivity contribution in [3.8, 4) is 0 Å². The predicted octanol–water partition coefficient (Wildman–Crippen LogP) is 6.29. The summed E-state index contributed by atoms with van der Waals surface area (Å²) in [6.45, 7) is 5.59. The van der Waals surface area contributed by atoms with Crippen molar-refractivity contribution in [3.05, 3.63) is 74.9 Å². The van der Waals surface area contributed by atoms with Gasteiger partial charge in [0.2, 0.25) is 0 Å². The minimum absolute atomic E-state index is 0.00514. The summed E-state index contributed by atoms with van der Waals surface area (Å²) in [7, 11) is 4.85. The van der Waals surface area contributed by atoms with Crippen molar-refractivity contribution in [2.75, 3.05) is 36.8 Å². The van der Waals surface area contributed by atoms with Gasteiger partial charge in [-0.25, -0.2) is 15.6 Å². The van der Waals surface area contributed by atoms with Gasteiger partial charge < -0.3 is 20.3 Å². The van der Waals surface area contributed by atoms with Crippen molar-refractivity contribution in [2.24, 2.45) is 5.84 Å². The number of nitrogens with zero attached hydrogens (tertiary/aromatic N) is 3. The number of rotatable bonds is 10. The van der Waals surface area contributed by atoms with E-state index in [1.807, 2.05) is 13.8 Å². The van der Waals surface area contributed by atoms with E-state index in [1.54, 1.807) is 50.4 Å². The van der Waals surface area contributed by atoms with Gasteiger partial charge in [-0.05, 0) is 42.3 Å². The molecule has 2 aromatic carbocycles. The Morgan fingerprint density at radius 3 is 2.49 bits per heavy atom. The number of nitrogens with two attached hydrogens (primary N) is 1. The molecule has 0 radical (unpaired) electrons. The van der Waals surface area contributed by atoms with Crippen molar-refractivity contribution in [1.82, 2.24) is 15.2 Å². The lowest BCUT2D eigenvalue weighted by Gasteiger charge is -2.22. The van der Waals surface area contributed by atoms with Crippen molar-refractivity contribution in [2.45, 2.75) is 39.5 Å². The number of amides is 2. The van der Waals surface area contributed by atoms with Crippen LogP contribution in [0.3, 0.4) is 0 Å². The van der Waals surface area contributed by atoms with E-state index >= 15 is 0 Å². The second kappa shape index (κ2) is 14.1.